The lowest BCUT2D eigenvalue weighted by atomic mass is 10.2. The van der Waals surface area contributed by atoms with Crippen LogP contribution in [0.5, 0.6) is 0 Å². The van der Waals surface area contributed by atoms with Gasteiger partial charge in [-0.1, -0.05) is 12.1 Å². The molecule has 4 nitrogen and oxygen atoms in total. The Bertz CT molecular complexity index is 485. The Hall–Kier alpha value is -0.980. The fourth-order valence-electron chi connectivity index (χ4n) is 1.54. The van der Waals surface area contributed by atoms with Gasteiger partial charge >= 0.3 is 0 Å². The molecule has 1 aliphatic heterocycles. The average molecular weight is 244 g/mol. The summed E-state index contributed by atoms with van der Waals surface area (Å²) in [6.45, 7) is 1.23. The summed E-state index contributed by atoms with van der Waals surface area (Å²) in [6, 6.07) is 5.35. The summed E-state index contributed by atoms with van der Waals surface area (Å²) in [5.41, 5.74) is 0. The molecule has 0 bridgehead atoms. The molecule has 1 aromatic carbocycles. The number of likely N-dealkylation sites (N-methyl/N-ethyl adjacent to an activating group) is 1. The van der Waals surface area contributed by atoms with E-state index in [1.165, 1.54) is 29.6 Å². The van der Waals surface area contributed by atoms with Crippen LogP contribution in [0.2, 0.25) is 0 Å². The van der Waals surface area contributed by atoms with Crippen molar-refractivity contribution in [3.8, 4) is 0 Å². The van der Waals surface area contributed by atoms with Crippen molar-refractivity contribution in [2.75, 3.05) is 20.1 Å². The van der Waals surface area contributed by atoms with Gasteiger partial charge in [-0.25, -0.2) is 12.8 Å². The van der Waals surface area contributed by atoms with E-state index in [1.807, 2.05) is 0 Å². The van der Waals surface area contributed by atoms with Crippen LogP contribution in [-0.2, 0) is 10.0 Å². The third-order valence-corrected chi connectivity index (χ3v) is 4.71. The standard InChI is InChI=1S/C10H13FN2O2S/c1-13(8-6-12-7-8)16(14,15)10-5-3-2-4-9(10)11/h2-5,8,12H,6-7H2,1H3. The second-order valence-corrected chi connectivity index (χ2v) is 5.73. The van der Waals surface area contributed by atoms with Crippen molar-refractivity contribution in [2.45, 2.75) is 10.9 Å². The van der Waals surface area contributed by atoms with Crippen LogP contribution in [0.4, 0.5) is 4.39 Å². The zero-order chi connectivity index (χ0) is 11.8. The fraction of sp³-hybridized carbons (Fsp3) is 0.400. The molecule has 1 heterocycles. The van der Waals surface area contributed by atoms with E-state index in [2.05, 4.69) is 5.32 Å². The van der Waals surface area contributed by atoms with Gasteiger partial charge in [0.25, 0.3) is 0 Å². The maximum absolute atomic E-state index is 13.4. The molecule has 0 amide bonds. The van der Waals surface area contributed by atoms with E-state index in [4.69, 9.17) is 0 Å². The molecule has 0 atom stereocenters. The topological polar surface area (TPSA) is 49.4 Å². The molecule has 0 spiro atoms. The molecule has 0 radical (unpaired) electrons. The van der Waals surface area contributed by atoms with Gasteiger partial charge in [0.05, 0.1) is 0 Å². The van der Waals surface area contributed by atoms with Crippen molar-refractivity contribution in [1.29, 1.82) is 0 Å². The first-order valence-corrected chi connectivity index (χ1v) is 6.41. The zero-order valence-electron chi connectivity index (χ0n) is 8.85. The van der Waals surface area contributed by atoms with Gasteiger partial charge in [0.15, 0.2) is 0 Å². The number of nitrogens with one attached hydrogen (secondary N) is 1. The maximum Gasteiger partial charge on any atom is 0.246 e. The summed E-state index contributed by atoms with van der Waals surface area (Å²) >= 11 is 0. The number of benzene rings is 1. The summed E-state index contributed by atoms with van der Waals surface area (Å²) in [5.74, 6) is -0.707. The molecule has 88 valence electrons. The Morgan fingerprint density at radius 1 is 1.38 bits per heavy atom. The number of halogens is 1. The first kappa shape index (κ1) is 11.5. The number of hydrogen-bond acceptors (Lipinski definition) is 3. The Kier molecular flexibility index (Phi) is 2.96. The molecule has 0 unspecified atom stereocenters. The minimum Gasteiger partial charge on any atom is -0.313 e. The minimum absolute atomic E-state index is 0.0791. The van der Waals surface area contributed by atoms with Crippen LogP contribution in [0.3, 0.4) is 0 Å². The largest absolute Gasteiger partial charge is 0.313 e. The molecule has 16 heavy (non-hydrogen) atoms. The van der Waals surface area contributed by atoms with E-state index < -0.39 is 15.8 Å². The molecular weight excluding hydrogens is 231 g/mol. The predicted molar refractivity (Wildman–Crippen MR) is 58.0 cm³/mol. The van der Waals surface area contributed by atoms with Gasteiger partial charge in [0.2, 0.25) is 10.0 Å². The predicted octanol–water partition coefficient (Wildman–Crippen LogP) is 0.418. The van der Waals surface area contributed by atoms with E-state index in [1.54, 1.807) is 0 Å². The van der Waals surface area contributed by atoms with Crippen LogP contribution >= 0.6 is 0 Å². The van der Waals surface area contributed by atoms with E-state index in [-0.39, 0.29) is 10.9 Å². The molecular formula is C10H13FN2O2S. The average Bonchev–Trinajstić information content (AvgIpc) is 2.15. The Balaban J connectivity index is 2.35. The quantitative estimate of drug-likeness (QED) is 0.838. The number of nitrogens with zero attached hydrogens (tertiary/aromatic N) is 1. The zero-order valence-corrected chi connectivity index (χ0v) is 9.67. The molecule has 1 N–H and O–H groups in total. The lowest BCUT2D eigenvalue weighted by molar-refractivity contribution is 0.273. The van der Waals surface area contributed by atoms with Crippen LogP contribution in [0.15, 0.2) is 29.2 Å². The summed E-state index contributed by atoms with van der Waals surface area (Å²) in [5, 5.41) is 2.98. The van der Waals surface area contributed by atoms with E-state index >= 15 is 0 Å². The molecule has 1 aliphatic rings. The van der Waals surface area contributed by atoms with Crippen LogP contribution in [0.1, 0.15) is 0 Å². The highest BCUT2D eigenvalue weighted by molar-refractivity contribution is 7.89. The minimum atomic E-state index is -3.71. The molecule has 0 saturated carbocycles. The number of rotatable bonds is 3. The van der Waals surface area contributed by atoms with Crippen LogP contribution < -0.4 is 5.32 Å². The highest BCUT2D eigenvalue weighted by atomic mass is 32.2. The van der Waals surface area contributed by atoms with Gasteiger partial charge < -0.3 is 5.32 Å². The lowest BCUT2D eigenvalue weighted by Gasteiger charge is -2.34. The SMILES string of the molecule is CN(C1CNC1)S(=O)(=O)c1ccccc1F. The summed E-state index contributed by atoms with van der Waals surface area (Å²) in [7, 11) is -2.23. The number of sulfonamides is 1. The third-order valence-electron chi connectivity index (χ3n) is 2.77. The molecule has 0 aromatic heterocycles. The van der Waals surface area contributed by atoms with Gasteiger partial charge in [-0.3, -0.25) is 0 Å². The van der Waals surface area contributed by atoms with Crippen molar-refractivity contribution < 1.29 is 12.8 Å². The summed E-state index contributed by atoms with van der Waals surface area (Å²) < 4.78 is 38.7. The Labute approximate surface area is 94.1 Å². The smallest absolute Gasteiger partial charge is 0.246 e. The second kappa shape index (κ2) is 4.12. The first-order valence-electron chi connectivity index (χ1n) is 4.97. The normalized spacial score (nSPS) is 17.4. The van der Waals surface area contributed by atoms with E-state index in [9.17, 15) is 12.8 Å². The van der Waals surface area contributed by atoms with Crippen molar-refractivity contribution in [1.82, 2.24) is 9.62 Å². The van der Waals surface area contributed by atoms with Crippen LogP contribution in [-0.4, -0.2) is 38.9 Å². The number of hydrogen-bond donors (Lipinski definition) is 1. The highest BCUT2D eigenvalue weighted by Gasteiger charge is 2.32. The maximum atomic E-state index is 13.4. The van der Waals surface area contributed by atoms with Gasteiger partial charge in [-0.05, 0) is 12.1 Å². The molecule has 2 rings (SSSR count). The van der Waals surface area contributed by atoms with Gasteiger partial charge in [0.1, 0.15) is 10.7 Å². The summed E-state index contributed by atoms with van der Waals surface area (Å²) in [6.07, 6.45) is 0. The van der Waals surface area contributed by atoms with Crippen molar-refractivity contribution in [3.05, 3.63) is 30.1 Å². The monoisotopic (exact) mass is 244 g/mol. The highest BCUT2D eigenvalue weighted by Crippen LogP contribution is 2.20. The first-order chi connectivity index (χ1) is 7.53. The van der Waals surface area contributed by atoms with Gasteiger partial charge in [-0.15, -0.1) is 0 Å². The molecule has 1 saturated heterocycles. The molecule has 1 fully saturated rings. The fourth-order valence-corrected chi connectivity index (χ4v) is 2.95. The second-order valence-electron chi connectivity index (χ2n) is 3.76. The Morgan fingerprint density at radius 3 is 2.50 bits per heavy atom. The van der Waals surface area contributed by atoms with E-state index in [0.717, 1.165) is 6.07 Å². The van der Waals surface area contributed by atoms with E-state index in [0.29, 0.717) is 13.1 Å². The van der Waals surface area contributed by atoms with Crippen LogP contribution in [0.25, 0.3) is 0 Å². The third kappa shape index (κ3) is 1.83. The molecule has 1 aromatic rings. The van der Waals surface area contributed by atoms with Crippen LogP contribution in [0, 0.1) is 5.82 Å². The lowest BCUT2D eigenvalue weighted by Crippen LogP contribution is -2.57. The van der Waals surface area contributed by atoms with Crippen molar-refractivity contribution in [3.63, 3.8) is 0 Å². The van der Waals surface area contributed by atoms with Crippen molar-refractivity contribution >= 4 is 10.0 Å². The van der Waals surface area contributed by atoms with Gasteiger partial charge in [-0.2, -0.15) is 4.31 Å². The molecule has 0 aliphatic carbocycles. The molecule has 6 heteroatoms. The van der Waals surface area contributed by atoms with Crippen molar-refractivity contribution in [2.24, 2.45) is 0 Å². The Morgan fingerprint density at radius 2 is 2.00 bits per heavy atom. The van der Waals surface area contributed by atoms with Gasteiger partial charge in [0, 0.05) is 26.2 Å². The summed E-state index contributed by atoms with van der Waals surface area (Å²) in [4.78, 5) is -0.260.